The second kappa shape index (κ2) is 29.8. The number of esters is 3. The predicted molar refractivity (Wildman–Crippen MR) is 244 cm³/mol. The van der Waals surface area contributed by atoms with Crippen LogP contribution in [0.2, 0.25) is 23.2 Å². The number of benzene rings is 4. The van der Waals surface area contributed by atoms with Gasteiger partial charge in [-0.25, -0.2) is 9.59 Å². The summed E-state index contributed by atoms with van der Waals surface area (Å²) in [5.74, 6) is -2.87. The molecule has 0 heterocycles. The number of aliphatic carboxylic acids is 1. The maximum Gasteiger partial charge on any atom is 0.337 e. The minimum Gasteiger partial charge on any atom is -0.479 e. The molecule has 0 bridgehead atoms. The molecule has 0 fully saturated rings. The second-order valence-electron chi connectivity index (χ2n) is 14.6. The van der Waals surface area contributed by atoms with Crippen LogP contribution in [0, 0.1) is 5.92 Å². The molecule has 4 atom stereocenters. The first-order valence-corrected chi connectivity index (χ1v) is 21.6. The van der Waals surface area contributed by atoms with E-state index in [4.69, 9.17) is 55.1 Å². The van der Waals surface area contributed by atoms with Crippen LogP contribution in [-0.2, 0) is 46.2 Å². The van der Waals surface area contributed by atoms with Gasteiger partial charge in [-0.1, -0.05) is 128 Å². The molecule has 4 aromatic carbocycles. The van der Waals surface area contributed by atoms with Gasteiger partial charge in [0.15, 0.2) is 18.3 Å². The summed E-state index contributed by atoms with van der Waals surface area (Å²) >= 11 is 17.1. The molecule has 0 radical (unpaired) electrons. The van der Waals surface area contributed by atoms with E-state index >= 15 is 0 Å². The summed E-state index contributed by atoms with van der Waals surface area (Å²) in [6, 6.07) is 30.6. The topological polar surface area (TPSA) is 203 Å². The number of carboxylic acids is 1. The number of hydrogen-bond donors (Lipinski definition) is 5. The Morgan fingerprint density at radius 3 is 1.60 bits per heavy atom. The van der Waals surface area contributed by atoms with Crippen molar-refractivity contribution in [2.45, 2.75) is 96.6 Å². The van der Waals surface area contributed by atoms with Gasteiger partial charge in [0.25, 0.3) is 6.92 Å². The van der Waals surface area contributed by atoms with Gasteiger partial charge in [0, 0.05) is 28.9 Å². The Bertz CT molecular complexity index is 1940. The molecule has 62 heavy (non-hydrogen) atoms. The predicted octanol–water partition coefficient (Wildman–Crippen LogP) is 8.61. The molecule has 0 aliphatic carbocycles. The van der Waals surface area contributed by atoms with Gasteiger partial charge in [0.05, 0.1) is 0 Å². The van der Waals surface area contributed by atoms with Crippen LogP contribution in [0.15, 0.2) is 97.1 Å². The van der Waals surface area contributed by atoms with Crippen molar-refractivity contribution in [3.8, 4) is 22.3 Å². The van der Waals surface area contributed by atoms with Crippen LogP contribution in [0.4, 0.5) is 0 Å². The first-order chi connectivity index (χ1) is 29.5. The highest BCUT2D eigenvalue weighted by Crippen LogP contribution is 2.26. The van der Waals surface area contributed by atoms with E-state index in [0.717, 1.165) is 39.8 Å². The average molecular weight is 917 g/mol. The highest BCUT2D eigenvalue weighted by atomic mass is 35.5. The van der Waals surface area contributed by atoms with Crippen molar-refractivity contribution >= 4 is 65.6 Å². The third kappa shape index (κ3) is 22.1. The summed E-state index contributed by atoms with van der Waals surface area (Å²) in [5.41, 5.74) is 12.2. The van der Waals surface area contributed by atoms with Gasteiger partial charge in [0.2, 0.25) is 6.79 Å². The fourth-order valence-electron chi connectivity index (χ4n) is 6.13. The van der Waals surface area contributed by atoms with Crippen LogP contribution in [0.1, 0.15) is 63.5 Å². The highest BCUT2D eigenvalue weighted by Gasteiger charge is 2.23. The van der Waals surface area contributed by atoms with Gasteiger partial charge in [0.1, 0.15) is 0 Å². The smallest absolute Gasteiger partial charge is 0.337 e. The lowest BCUT2D eigenvalue weighted by Crippen LogP contribution is -2.34. The zero-order chi connectivity index (χ0) is 46.0. The number of ether oxygens (including phenoxy) is 3. The Morgan fingerprint density at radius 2 is 1.16 bits per heavy atom. The Balaban J connectivity index is 0.000000366. The standard InChI is InChI=1S/C22H26ClNO5.C19H22BClO4.C5H9ClO2/c1-2-4-21(26)28-14-29-22(27)20(25)13-19(24)11-15-7-9-16(10-8-15)17-5-3-6-18(23)12-17;1-20(25)12-14(10-18(22)19(23)24)9-13-5-7-15(8-6-13)16-3-2-4-17(21)11-16;1-2-3-5(7)8-4-6/h3,5-10,12,19-20,25H,2,4,11,13-14,24H2,1H3;2-8,11,14,18,22,25H,9-10,12H2,1H3,(H,23,24);2-4H2,1H3/t19-,20-;14-,18-;/m11./s1. The molecule has 0 aliphatic heterocycles. The number of rotatable bonds is 21. The van der Waals surface area contributed by atoms with Gasteiger partial charge in [-0.3, -0.25) is 9.59 Å². The van der Waals surface area contributed by atoms with E-state index in [2.05, 4.69) is 4.74 Å². The van der Waals surface area contributed by atoms with Gasteiger partial charge in [-0.2, -0.15) is 0 Å². The number of carboxylic acid groups (broad SMARTS) is 1. The molecular weight excluding hydrogens is 860 g/mol. The average Bonchev–Trinajstić information content (AvgIpc) is 3.22. The molecule has 0 unspecified atom stereocenters. The van der Waals surface area contributed by atoms with Gasteiger partial charge in [-0.05, 0) is 108 Å². The van der Waals surface area contributed by atoms with Crippen LogP contribution >= 0.6 is 34.8 Å². The van der Waals surface area contributed by atoms with Crippen LogP contribution in [0.25, 0.3) is 22.3 Å². The van der Waals surface area contributed by atoms with E-state index in [9.17, 15) is 34.4 Å². The van der Waals surface area contributed by atoms with Crippen molar-refractivity contribution in [1.82, 2.24) is 0 Å². The van der Waals surface area contributed by atoms with E-state index in [1.807, 2.05) is 111 Å². The molecule has 0 saturated carbocycles. The lowest BCUT2D eigenvalue weighted by atomic mass is 9.62. The van der Waals surface area contributed by atoms with Crippen LogP contribution in [-0.4, -0.2) is 82.2 Å². The normalized spacial score (nSPS) is 12.5. The maximum absolute atomic E-state index is 11.8. The number of hydrogen-bond acceptors (Lipinski definition) is 11. The summed E-state index contributed by atoms with van der Waals surface area (Å²) in [4.78, 5) is 44.2. The SMILES string of the molecule is CB(O)C[C@H](Cc1ccc(-c2cccc(Cl)c2)cc1)C[C@@H](O)C(=O)O.CCCC(=O)OCCl.CCCC(=O)OCOC(=O)[C@H](O)C[C@H](N)Cc1ccc(-c2cccc(Cl)c2)cc1. The molecule has 12 nitrogen and oxygen atoms in total. The van der Waals surface area contributed by atoms with Crippen LogP contribution in [0.3, 0.4) is 0 Å². The van der Waals surface area contributed by atoms with Crippen molar-refractivity contribution < 1.29 is 53.7 Å². The van der Waals surface area contributed by atoms with E-state index in [0.29, 0.717) is 42.0 Å². The lowest BCUT2D eigenvalue weighted by molar-refractivity contribution is -0.173. The number of aliphatic hydroxyl groups excluding tert-OH is 2. The van der Waals surface area contributed by atoms with E-state index in [-0.39, 0.29) is 37.2 Å². The van der Waals surface area contributed by atoms with Crippen LogP contribution in [0.5, 0.6) is 0 Å². The van der Waals surface area contributed by atoms with Crippen molar-refractivity contribution in [2.75, 3.05) is 12.9 Å². The summed E-state index contributed by atoms with van der Waals surface area (Å²) in [6.45, 7) is 4.37. The number of aliphatic hydroxyl groups is 2. The van der Waals surface area contributed by atoms with E-state index in [1.54, 1.807) is 6.82 Å². The molecular formula is C46H57BCl3NO11. The third-order valence-electron chi connectivity index (χ3n) is 9.11. The molecule has 4 rings (SSSR count). The quantitative estimate of drug-likeness (QED) is 0.0231. The Labute approximate surface area is 379 Å². The molecule has 0 aromatic heterocycles. The summed E-state index contributed by atoms with van der Waals surface area (Å²) < 4.78 is 13.9. The molecule has 0 amide bonds. The summed E-state index contributed by atoms with van der Waals surface area (Å²) in [7, 11) is 0. The van der Waals surface area contributed by atoms with Crippen molar-refractivity contribution in [3.05, 3.63) is 118 Å². The maximum atomic E-state index is 11.8. The summed E-state index contributed by atoms with van der Waals surface area (Å²) in [5, 5.41) is 39.4. The Hall–Kier alpha value is -4.47. The highest BCUT2D eigenvalue weighted by molar-refractivity contribution is 6.48. The largest absolute Gasteiger partial charge is 0.479 e. The van der Waals surface area contributed by atoms with Crippen LogP contribution < -0.4 is 5.73 Å². The monoisotopic (exact) mass is 915 g/mol. The van der Waals surface area contributed by atoms with E-state index < -0.39 is 49.9 Å². The Kier molecular flexibility index (Phi) is 25.8. The molecule has 0 saturated heterocycles. The van der Waals surface area contributed by atoms with Crippen molar-refractivity contribution in [2.24, 2.45) is 11.7 Å². The van der Waals surface area contributed by atoms with Crippen molar-refractivity contribution in [3.63, 3.8) is 0 Å². The number of halogens is 3. The first-order valence-electron chi connectivity index (χ1n) is 20.3. The second-order valence-corrected chi connectivity index (χ2v) is 15.7. The molecule has 4 aromatic rings. The molecule has 336 valence electrons. The number of carbonyl (C=O) groups is 4. The zero-order valence-corrected chi connectivity index (χ0v) is 37.5. The Morgan fingerprint density at radius 1 is 0.677 bits per heavy atom. The lowest BCUT2D eigenvalue weighted by Gasteiger charge is -2.19. The molecule has 0 spiro atoms. The van der Waals surface area contributed by atoms with Gasteiger partial charge < -0.3 is 40.3 Å². The fraction of sp³-hybridized carbons (Fsp3) is 0.391. The molecule has 6 N–H and O–H groups in total. The number of nitrogens with two attached hydrogens (primary N) is 1. The minimum atomic E-state index is -1.41. The van der Waals surface area contributed by atoms with Crippen molar-refractivity contribution in [1.29, 1.82) is 0 Å². The zero-order valence-electron chi connectivity index (χ0n) is 35.3. The summed E-state index contributed by atoms with van der Waals surface area (Å²) in [6.07, 6.45) is 1.09. The first kappa shape index (κ1) is 53.7. The molecule has 16 heteroatoms. The minimum absolute atomic E-state index is 0.0289. The van der Waals surface area contributed by atoms with Gasteiger partial charge >= 0.3 is 23.9 Å². The fourth-order valence-corrected chi connectivity index (χ4v) is 6.63. The number of carbonyl (C=O) groups excluding carboxylic acids is 3. The van der Waals surface area contributed by atoms with E-state index in [1.165, 1.54) is 0 Å². The third-order valence-corrected chi connectivity index (χ3v) is 9.68. The van der Waals surface area contributed by atoms with Gasteiger partial charge in [-0.15, -0.1) is 0 Å². The number of alkyl halides is 1. The molecule has 0 aliphatic rings.